The molecule has 0 aliphatic rings. The first-order chi connectivity index (χ1) is 9.01. The number of halogens is 1. The minimum absolute atomic E-state index is 0.418. The number of benzene rings is 1. The summed E-state index contributed by atoms with van der Waals surface area (Å²) < 4.78 is 1.07. The Morgan fingerprint density at radius 3 is 2.42 bits per heavy atom. The molecule has 3 heteroatoms. The smallest absolute Gasteiger partial charge is 0.0762 e. The Balaban J connectivity index is 3.01. The van der Waals surface area contributed by atoms with Crippen LogP contribution in [0.1, 0.15) is 58.6 Å². The second-order valence-electron chi connectivity index (χ2n) is 5.19. The number of aliphatic hydroxyl groups is 1. The van der Waals surface area contributed by atoms with Gasteiger partial charge in [0.05, 0.1) is 11.8 Å². The highest BCUT2D eigenvalue weighted by Gasteiger charge is 2.16. The third-order valence-electron chi connectivity index (χ3n) is 3.64. The normalized spacial score (nSPS) is 14.2. The molecule has 1 aromatic carbocycles. The van der Waals surface area contributed by atoms with Gasteiger partial charge in [-0.15, -0.1) is 0 Å². The Morgan fingerprint density at radius 1 is 1.26 bits per heavy atom. The van der Waals surface area contributed by atoms with Crippen LogP contribution in [0.3, 0.4) is 0 Å². The summed E-state index contributed by atoms with van der Waals surface area (Å²) in [5, 5.41) is 9.64. The maximum Gasteiger partial charge on any atom is 0.0762 e. The zero-order chi connectivity index (χ0) is 14.4. The van der Waals surface area contributed by atoms with Gasteiger partial charge in [0.2, 0.25) is 0 Å². The highest BCUT2D eigenvalue weighted by molar-refractivity contribution is 9.10. The predicted octanol–water partition coefficient (Wildman–Crippen LogP) is 4.91. The van der Waals surface area contributed by atoms with Gasteiger partial charge in [-0.25, -0.2) is 0 Å². The van der Waals surface area contributed by atoms with Crippen LogP contribution in [-0.4, -0.2) is 17.7 Å². The molecule has 0 heterocycles. The zero-order valence-corrected chi connectivity index (χ0v) is 14.1. The van der Waals surface area contributed by atoms with E-state index in [0.717, 1.165) is 23.0 Å². The van der Waals surface area contributed by atoms with E-state index in [1.165, 1.54) is 18.5 Å². The minimum atomic E-state index is -0.418. The molecule has 0 aliphatic heterocycles. The second-order valence-corrected chi connectivity index (χ2v) is 6.05. The van der Waals surface area contributed by atoms with E-state index in [1.807, 2.05) is 12.1 Å². The molecule has 0 aliphatic carbocycles. The average molecular weight is 328 g/mol. The number of hydrogen-bond acceptors (Lipinski definition) is 2. The lowest BCUT2D eigenvalue weighted by atomic mass is 10.1. The van der Waals surface area contributed by atoms with E-state index in [0.29, 0.717) is 6.04 Å². The van der Waals surface area contributed by atoms with Gasteiger partial charge in [0.25, 0.3) is 0 Å². The number of aliphatic hydroxyl groups excluding tert-OH is 1. The highest BCUT2D eigenvalue weighted by Crippen LogP contribution is 2.31. The highest BCUT2D eigenvalue weighted by atomic mass is 79.9. The van der Waals surface area contributed by atoms with E-state index < -0.39 is 6.10 Å². The van der Waals surface area contributed by atoms with Crippen molar-refractivity contribution < 1.29 is 5.11 Å². The van der Waals surface area contributed by atoms with Gasteiger partial charge in [-0.3, -0.25) is 0 Å². The van der Waals surface area contributed by atoms with Crippen molar-refractivity contribution in [3.05, 3.63) is 28.2 Å². The Labute approximate surface area is 126 Å². The number of unbranched alkanes of at least 4 members (excludes halogenated alkanes) is 1. The summed E-state index contributed by atoms with van der Waals surface area (Å²) in [5.74, 6) is 0. The average Bonchev–Trinajstić information content (AvgIpc) is 2.39. The molecule has 0 bridgehead atoms. The van der Waals surface area contributed by atoms with Crippen LogP contribution in [0.15, 0.2) is 22.7 Å². The number of rotatable bonds is 7. The van der Waals surface area contributed by atoms with Gasteiger partial charge in [0.1, 0.15) is 0 Å². The van der Waals surface area contributed by atoms with E-state index in [-0.39, 0.29) is 0 Å². The second kappa shape index (κ2) is 7.91. The molecule has 0 fully saturated rings. The predicted molar refractivity (Wildman–Crippen MR) is 86.8 cm³/mol. The Kier molecular flexibility index (Phi) is 6.87. The molecular weight excluding hydrogens is 302 g/mol. The molecule has 0 amide bonds. The molecule has 0 saturated heterocycles. The van der Waals surface area contributed by atoms with E-state index >= 15 is 0 Å². The van der Waals surface area contributed by atoms with Gasteiger partial charge in [0.15, 0.2) is 0 Å². The molecule has 2 nitrogen and oxygen atoms in total. The molecule has 0 saturated carbocycles. The lowest BCUT2D eigenvalue weighted by Gasteiger charge is -2.32. The first kappa shape index (κ1) is 16.5. The molecule has 2 unspecified atom stereocenters. The lowest BCUT2D eigenvalue weighted by molar-refractivity contribution is 0.199. The van der Waals surface area contributed by atoms with Crippen LogP contribution < -0.4 is 4.90 Å². The fraction of sp³-hybridized carbons (Fsp3) is 0.625. The number of hydrogen-bond donors (Lipinski definition) is 1. The van der Waals surface area contributed by atoms with Crippen LogP contribution in [0, 0.1) is 0 Å². The van der Waals surface area contributed by atoms with E-state index in [4.69, 9.17) is 0 Å². The van der Waals surface area contributed by atoms with Crippen molar-refractivity contribution in [3.63, 3.8) is 0 Å². The standard InChI is InChI=1S/C16H26BrNO/c1-5-7-10-18(12(3)6-2)16-9-8-14(13(4)19)11-15(16)17/h8-9,11-13,19H,5-7,10H2,1-4H3. The van der Waals surface area contributed by atoms with Gasteiger partial charge in [-0.1, -0.05) is 26.3 Å². The minimum Gasteiger partial charge on any atom is -0.389 e. The first-order valence-electron chi connectivity index (χ1n) is 7.25. The third kappa shape index (κ3) is 4.50. The Hall–Kier alpha value is -0.540. The summed E-state index contributed by atoms with van der Waals surface area (Å²) in [4.78, 5) is 2.46. The number of anilines is 1. The largest absolute Gasteiger partial charge is 0.389 e. The molecule has 108 valence electrons. The van der Waals surface area contributed by atoms with Gasteiger partial charge in [0, 0.05) is 17.1 Å². The fourth-order valence-corrected chi connectivity index (χ4v) is 2.77. The maximum absolute atomic E-state index is 9.64. The van der Waals surface area contributed by atoms with Crippen LogP contribution in [0.4, 0.5) is 5.69 Å². The third-order valence-corrected chi connectivity index (χ3v) is 4.27. The Bertz CT molecular complexity index is 392. The zero-order valence-electron chi connectivity index (χ0n) is 12.5. The maximum atomic E-state index is 9.64. The molecule has 0 spiro atoms. The van der Waals surface area contributed by atoms with Crippen molar-refractivity contribution in [3.8, 4) is 0 Å². The van der Waals surface area contributed by atoms with Crippen molar-refractivity contribution in [1.82, 2.24) is 0 Å². The molecule has 19 heavy (non-hydrogen) atoms. The summed E-state index contributed by atoms with van der Waals surface area (Å²) >= 11 is 3.65. The monoisotopic (exact) mass is 327 g/mol. The molecule has 1 N–H and O–H groups in total. The van der Waals surface area contributed by atoms with Crippen molar-refractivity contribution in [2.24, 2.45) is 0 Å². The van der Waals surface area contributed by atoms with Gasteiger partial charge in [-0.05, 0) is 60.3 Å². The van der Waals surface area contributed by atoms with E-state index in [1.54, 1.807) is 6.92 Å². The van der Waals surface area contributed by atoms with Crippen LogP contribution in [0.2, 0.25) is 0 Å². The SMILES string of the molecule is CCCCN(c1ccc(C(C)O)cc1Br)C(C)CC. The molecule has 1 aromatic rings. The van der Waals surface area contributed by atoms with Crippen LogP contribution in [0.25, 0.3) is 0 Å². The van der Waals surface area contributed by atoms with Crippen LogP contribution in [-0.2, 0) is 0 Å². The lowest BCUT2D eigenvalue weighted by Crippen LogP contribution is -2.33. The van der Waals surface area contributed by atoms with E-state index in [2.05, 4.69) is 47.7 Å². The molecule has 2 atom stereocenters. The van der Waals surface area contributed by atoms with E-state index in [9.17, 15) is 5.11 Å². The van der Waals surface area contributed by atoms with Gasteiger partial charge in [-0.2, -0.15) is 0 Å². The van der Waals surface area contributed by atoms with Gasteiger partial charge >= 0.3 is 0 Å². The van der Waals surface area contributed by atoms with Crippen LogP contribution in [0.5, 0.6) is 0 Å². The first-order valence-corrected chi connectivity index (χ1v) is 8.04. The fourth-order valence-electron chi connectivity index (χ4n) is 2.14. The molecule has 0 radical (unpaired) electrons. The molecular formula is C16H26BrNO. The number of nitrogens with zero attached hydrogens (tertiary/aromatic N) is 1. The summed E-state index contributed by atoms with van der Waals surface area (Å²) in [6.07, 6.45) is 3.12. The quantitative estimate of drug-likeness (QED) is 0.769. The summed E-state index contributed by atoms with van der Waals surface area (Å²) in [6.45, 7) is 9.59. The van der Waals surface area contributed by atoms with Crippen molar-refractivity contribution >= 4 is 21.6 Å². The van der Waals surface area contributed by atoms with Gasteiger partial charge < -0.3 is 10.0 Å². The summed E-state index contributed by atoms with van der Waals surface area (Å²) in [6, 6.07) is 6.70. The van der Waals surface area contributed by atoms with Crippen molar-refractivity contribution in [1.29, 1.82) is 0 Å². The van der Waals surface area contributed by atoms with Crippen molar-refractivity contribution in [2.45, 2.75) is 59.1 Å². The molecule has 1 rings (SSSR count). The Morgan fingerprint density at radius 2 is 1.95 bits per heavy atom. The topological polar surface area (TPSA) is 23.5 Å². The summed E-state index contributed by atoms with van der Waals surface area (Å²) in [5.41, 5.74) is 2.18. The summed E-state index contributed by atoms with van der Waals surface area (Å²) in [7, 11) is 0. The van der Waals surface area contributed by atoms with Crippen LogP contribution >= 0.6 is 15.9 Å². The molecule has 0 aromatic heterocycles. The van der Waals surface area contributed by atoms with Crippen molar-refractivity contribution in [2.75, 3.05) is 11.4 Å².